The molecule has 5 nitrogen and oxygen atoms in total. The predicted octanol–water partition coefficient (Wildman–Crippen LogP) is 4.62. The zero-order valence-corrected chi connectivity index (χ0v) is 17.1. The zero-order chi connectivity index (χ0) is 19.7. The van der Waals surface area contributed by atoms with E-state index in [2.05, 4.69) is 55.6 Å². The molecule has 5 heteroatoms. The Bertz CT molecular complexity index is 960. The maximum atomic E-state index is 10.1. The second kappa shape index (κ2) is 7.69. The van der Waals surface area contributed by atoms with E-state index in [0.29, 0.717) is 18.3 Å². The summed E-state index contributed by atoms with van der Waals surface area (Å²) in [6, 6.07) is 6.24. The molecule has 3 rings (SSSR count). The van der Waals surface area contributed by atoms with Crippen molar-refractivity contribution in [2.45, 2.75) is 59.6 Å². The van der Waals surface area contributed by atoms with Crippen LogP contribution in [0.15, 0.2) is 24.4 Å². The molecule has 0 saturated carbocycles. The van der Waals surface area contributed by atoms with E-state index in [1.807, 2.05) is 13.0 Å². The molecule has 1 atom stereocenters. The molecule has 0 aliphatic carbocycles. The van der Waals surface area contributed by atoms with Gasteiger partial charge >= 0.3 is 0 Å². The van der Waals surface area contributed by atoms with E-state index >= 15 is 0 Å². The summed E-state index contributed by atoms with van der Waals surface area (Å²) in [6.07, 6.45) is 2.44. The van der Waals surface area contributed by atoms with Gasteiger partial charge in [-0.3, -0.25) is 0 Å². The number of aromatic nitrogens is 3. The van der Waals surface area contributed by atoms with Gasteiger partial charge in [-0.2, -0.15) is 0 Å². The molecule has 27 heavy (non-hydrogen) atoms. The summed E-state index contributed by atoms with van der Waals surface area (Å²) in [5.74, 6) is 0.945. The van der Waals surface area contributed by atoms with Crippen molar-refractivity contribution in [1.29, 1.82) is 0 Å². The van der Waals surface area contributed by atoms with Crippen LogP contribution in [0.5, 0.6) is 5.88 Å². The minimum atomic E-state index is -0.354. The highest BCUT2D eigenvalue weighted by Gasteiger charge is 2.17. The Morgan fingerprint density at radius 3 is 2.52 bits per heavy atom. The van der Waals surface area contributed by atoms with E-state index in [1.165, 1.54) is 0 Å². The van der Waals surface area contributed by atoms with Crippen LogP contribution in [0.1, 0.15) is 49.9 Å². The van der Waals surface area contributed by atoms with Crippen molar-refractivity contribution >= 4 is 11.0 Å². The molecule has 0 aliphatic heterocycles. The molecule has 0 aliphatic rings. The fraction of sp³-hybridized carbons (Fsp3) is 0.455. The number of rotatable bonds is 6. The van der Waals surface area contributed by atoms with Gasteiger partial charge in [-0.05, 0) is 55.5 Å². The molecule has 1 N–H and O–H groups in total. The smallest absolute Gasteiger partial charge is 0.222 e. The number of aryl methyl sites for hydroxylation is 2. The first-order valence-corrected chi connectivity index (χ1v) is 9.56. The van der Waals surface area contributed by atoms with Crippen LogP contribution < -0.4 is 4.74 Å². The third-order valence-electron chi connectivity index (χ3n) is 5.03. The fourth-order valence-corrected chi connectivity index (χ4v) is 3.36. The highest BCUT2D eigenvalue weighted by molar-refractivity contribution is 5.85. The Balaban J connectivity index is 2.14. The second-order valence-electron chi connectivity index (χ2n) is 7.50. The molecular formula is C22H29N3O2. The van der Waals surface area contributed by atoms with Crippen molar-refractivity contribution in [2.24, 2.45) is 0 Å². The molecular weight excluding hydrogens is 338 g/mol. The van der Waals surface area contributed by atoms with Gasteiger partial charge in [-0.1, -0.05) is 20.8 Å². The molecule has 144 valence electrons. The van der Waals surface area contributed by atoms with E-state index in [4.69, 9.17) is 9.72 Å². The highest BCUT2D eigenvalue weighted by Crippen LogP contribution is 2.33. The monoisotopic (exact) mass is 367 g/mol. The van der Waals surface area contributed by atoms with E-state index in [1.54, 1.807) is 7.11 Å². The summed E-state index contributed by atoms with van der Waals surface area (Å²) in [5, 5.41) is 10.1. The molecule has 0 saturated heterocycles. The Morgan fingerprint density at radius 1 is 1.15 bits per heavy atom. The lowest BCUT2D eigenvalue weighted by molar-refractivity contribution is 0.151. The lowest BCUT2D eigenvalue weighted by Gasteiger charge is -2.14. The second-order valence-corrected chi connectivity index (χ2v) is 7.50. The largest absolute Gasteiger partial charge is 0.480 e. The number of aliphatic hydroxyl groups is 1. The normalized spacial score (nSPS) is 12.7. The first kappa shape index (κ1) is 19.4. The van der Waals surface area contributed by atoms with Crippen LogP contribution in [-0.4, -0.2) is 32.9 Å². The Morgan fingerprint density at radius 2 is 1.89 bits per heavy atom. The summed E-state index contributed by atoms with van der Waals surface area (Å²) < 4.78 is 7.67. The summed E-state index contributed by atoms with van der Waals surface area (Å²) >= 11 is 0. The Kier molecular flexibility index (Phi) is 5.51. The zero-order valence-electron chi connectivity index (χ0n) is 17.1. The maximum absolute atomic E-state index is 10.1. The first-order chi connectivity index (χ1) is 12.8. The van der Waals surface area contributed by atoms with Crippen molar-refractivity contribution in [2.75, 3.05) is 7.11 Å². The maximum Gasteiger partial charge on any atom is 0.222 e. The van der Waals surface area contributed by atoms with Gasteiger partial charge in [-0.15, -0.1) is 0 Å². The number of fused-ring (bicyclic) bond motifs is 1. The van der Waals surface area contributed by atoms with Crippen LogP contribution in [0.25, 0.3) is 22.3 Å². The molecule has 0 amide bonds. The lowest BCUT2D eigenvalue weighted by atomic mass is 10.0. The van der Waals surface area contributed by atoms with Crippen LogP contribution in [0.3, 0.4) is 0 Å². The number of nitrogens with zero attached hydrogens (tertiary/aromatic N) is 3. The molecule has 0 spiro atoms. The minimum absolute atomic E-state index is 0.339. The standard InChI is InChI=1S/C22H29N3O2/c1-7-16(26)12-25-11-15(5)21-19(25)10-14(4)20(24-21)17-8-9-18(13(2)3)23-22(17)27-6/h8-11,13,16,26H,7,12H2,1-6H3/t16-/m1/s1. The summed E-state index contributed by atoms with van der Waals surface area (Å²) in [6.45, 7) is 10.9. The van der Waals surface area contributed by atoms with Crippen molar-refractivity contribution in [3.8, 4) is 17.1 Å². The molecule has 0 aromatic carbocycles. The van der Waals surface area contributed by atoms with Crippen LogP contribution in [-0.2, 0) is 6.54 Å². The molecule has 0 unspecified atom stereocenters. The van der Waals surface area contributed by atoms with Crippen LogP contribution >= 0.6 is 0 Å². The summed E-state index contributed by atoms with van der Waals surface area (Å²) in [7, 11) is 1.65. The van der Waals surface area contributed by atoms with Crippen molar-refractivity contribution in [3.63, 3.8) is 0 Å². The Labute approximate surface area is 161 Å². The summed E-state index contributed by atoms with van der Waals surface area (Å²) in [5.41, 5.74) is 6.96. The number of hydrogen-bond donors (Lipinski definition) is 1. The van der Waals surface area contributed by atoms with E-state index in [0.717, 1.165) is 45.5 Å². The molecule has 0 radical (unpaired) electrons. The molecule has 0 bridgehead atoms. The summed E-state index contributed by atoms with van der Waals surface area (Å²) in [4.78, 5) is 9.62. The van der Waals surface area contributed by atoms with Gasteiger partial charge in [0, 0.05) is 18.4 Å². The molecule has 0 fully saturated rings. The number of methoxy groups -OCH3 is 1. The van der Waals surface area contributed by atoms with Gasteiger partial charge in [0.05, 0.1) is 35.5 Å². The fourth-order valence-electron chi connectivity index (χ4n) is 3.36. The average molecular weight is 367 g/mol. The van der Waals surface area contributed by atoms with Crippen LogP contribution in [0.2, 0.25) is 0 Å². The van der Waals surface area contributed by atoms with Crippen molar-refractivity contribution in [3.05, 3.63) is 41.2 Å². The number of aliphatic hydroxyl groups excluding tert-OH is 1. The van der Waals surface area contributed by atoms with Gasteiger partial charge < -0.3 is 14.4 Å². The van der Waals surface area contributed by atoms with E-state index in [-0.39, 0.29) is 6.10 Å². The highest BCUT2D eigenvalue weighted by atomic mass is 16.5. The number of hydrogen-bond acceptors (Lipinski definition) is 4. The van der Waals surface area contributed by atoms with Crippen LogP contribution in [0.4, 0.5) is 0 Å². The predicted molar refractivity (Wildman–Crippen MR) is 109 cm³/mol. The van der Waals surface area contributed by atoms with Gasteiger partial charge in [-0.25, -0.2) is 9.97 Å². The number of pyridine rings is 2. The van der Waals surface area contributed by atoms with Crippen molar-refractivity contribution < 1.29 is 9.84 Å². The van der Waals surface area contributed by atoms with Crippen LogP contribution in [0, 0.1) is 13.8 Å². The third-order valence-corrected chi connectivity index (χ3v) is 5.03. The molecule has 3 aromatic rings. The van der Waals surface area contributed by atoms with E-state index in [9.17, 15) is 5.11 Å². The average Bonchev–Trinajstić information content (AvgIpc) is 2.94. The molecule has 3 aromatic heterocycles. The Hall–Kier alpha value is -2.40. The first-order valence-electron chi connectivity index (χ1n) is 9.56. The topological polar surface area (TPSA) is 60.2 Å². The van der Waals surface area contributed by atoms with Gasteiger partial charge in [0.1, 0.15) is 0 Å². The SMILES string of the molecule is CC[C@@H](O)Cn1cc(C)c2nc(-c3ccc(C(C)C)nc3OC)c(C)cc21. The van der Waals surface area contributed by atoms with Gasteiger partial charge in [0.25, 0.3) is 0 Å². The van der Waals surface area contributed by atoms with Gasteiger partial charge in [0.15, 0.2) is 0 Å². The lowest BCUT2D eigenvalue weighted by Crippen LogP contribution is -2.13. The van der Waals surface area contributed by atoms with E-state index < -0.39 is 0 Å². The minimum Gasteiger partial charge on any atom is -0.480 e. The molecule has 3 heterocycles. The number of ether oxygens (including phenoxy) is 1. The van der Waals surface area contributed by atoms with Crippen molar-refractivity contribution in [1.82, 2.24) is 14.5 Å². The van der Waals surface area contributed by atoms with Gasteiger partial charge in [0.2, 0.25) is 5.88 Å². The third kappa shape index (κ3) is 3.69. The quantitative estimate of drug-likeness (QED) is 0.691.